The van der Waals surface area contributed by atoms with E-state index in [2.05, 4.69) is 10.1 Å². The molecule has 0 saturated carbocycles. The van der Waals surface area contributed by atoms with Gasteiger partial charge >= 0.3 is 19.8 Å². The van der Waals surface area contributed by atoms with E-state index in [4.69, 9.17) is 18.3 Å². The molecular formula is C17H30NO9P. The first-order chi connectivity index (χ1) is 12.8. The molecule has 1 rings (SSSR count). The second kappa shape index (κ2) is 9.93. The lowest BCUT2D eigenvalue weighted by Gasteiger charge is -2.39. The molecule has 10 nitrogen and oxygen atoms in total. The van der Waals surface area contributed by atoms with Crippen molar-refractivity contribution in [1.82, 2.24) is 5.32 Å². The number of esters is 2. The Labute approximate surface area is 165 Å². The largest absolute Gasteiger partial charge is 0.478 e. The van der Waals surface area contributed by atoms with Crippen molar-refractivity contribution in [2.75, 3.05) is 33.6 Å². The van der Waals surface area contributed by atoms with Crippen molar-refractivity contribution >= 4 is 25.5 Å². The number of nitrogens with one attached hydrogen (secondary N) is 1. The Morgan fingerprint density at radius 2 is 1.89 bits per heavy atom. The second-order valence-corrected chi connectivity index (χ2v) is 9.71. The Morgan fingerprint density at radius 1 is 1.25 bits per heavy atom. The molecule has 2 atom stereocenters. The van der Waals surface area contributed by atoms with Gasteiger partial charge in [0, 0.05) is 12.0 Å². The van der Waals surface area contributed by atoms with Crippen LogP contribution in [0.4, 0.5) is 0 Å². The van der Waals surface area contributed by atoms with Crippen molar-refractivity contribution in [1.29, 1.82) is 0 Å². The van der Waals surface area contributed by atoms with Gasteiger partial charge in [-0.3, -0.25) is 23.4 Å². The summed E-state index contributed by atoms with van der Waals surface area (Å²) in [6.45, 7) is 7.94. The number of hydrogen-bond donors (Lipinski definition) is 1. The molecule has 0 unspecified atom stereocenters. The van der Waals surface area contributed by atoms with E-state index in [-0.39, 0.29) is 31.9 Å². The Kier molecular flexibility index (Phi) is 8.77. The van der Waals surface area contributed by atoms with E-state index in [1.807, 2.05) is 0 Å². The highest BCUT2D eigenvalue weighted by Crippen LogP contribution is 2.57. The highest BCUT2D eigenvalue weighted by Gasteiger charge is 2.48. The van der Waals surface area contributed by atoms with Crippen LogP contribution in [0.3, 0.4) is 0 Å². The number of phosphoric acid groups is 1. The molecule has 1 aliphatic rings. The number of Topliss-reactive ketones (excluding diaryl/α,β-unsaturated/α-hetero) is 1. The van der Waals surface area contributed by atoms with Gasteiger partial charge in [-0.25, -0.2) is 9.09 Å². The smallest absolute Gasteiger partial charge is 0.469 e. The third-order valence-corrected chi connectivity index (χ3v) is 5.21. The van der Waals surface area contributed by atoms with Crippen LogP contribution >= 0.6 is 7.82 Å². The molecule has 0 aliphatic carbocycles. The van der Waals surface area contributed by atoms with Crippen molar-refractivity contribution in [3.63, 3.8) is 0 Å². The molecule has 0 radical (unpaired) electrons. The summed E-state index contributed by atoms with van der Waals surface area (Å²) < 4.78 is 37.6. The van der Waals surface area contributed by atoms with Crippen LogP contribution in [0.5, 0.6) is 0 Å². The highest BCUT2D eigenvalue weighted by molar-refractivity contribution is 7.48. The lowest BCUT2D eigenvalue weighted by atomic mass is 9.85. The highest BCUT2D eigenvalue weighted by atomic mass is 31.2. The van der Waals surface area contributed by atoms with Crippen LogP contribution in [0.2, 0.25) is 0 Å². The molecule has 11 heteroatoms. The zero-order valence-electron chi connectivity index (χ0n) is 17.2. The standard InChI is InChI=1S/C17H30NO9P/c1-16(2,3)15(21)24-11-26-28(22)25-10-17(4,5)14(27-28)12(19)9-18-8-7-13(20)23-6/h14,18H,7-11H2,1-6H3/t14-,28+/m0/s1. The number of rotatable bonds is 9. The Bertz CT molecular complexity index is 627. The summed E-state index contributed by atoms with van der Waals surface area (Å²) in [6, 6.07) is 0. The summed E-state index contributed by atoms with van der Waals surface area (Å²) in [4.78, 5) is 35.3. The van der Waals surface area contributed by atoms with Crippen LogP contribution in [-0.4, -0.2) is 57.4 Å². The maximum absolute atomic E-state index is 12.6. The third kappa shape index (κ3) is 7.60. The minimum absolute atomic E-state index is 0.0456. The molecule has 1 aliphatic heterocycles. The van der Waals surface area contributed by atoms with Gasteiger partial charge in [-0.15, -0.1) is 0 Å². The maximum Gasteiger partial charge on any atom is 0.478 e. The van der Waals surface area contributed by atoms with Crippen molar-refractivity contribution < 1.29 is 42.0 Å². The van der Waals surface area contributed by atoms with Crippen LogP contribution in [0.15, 0.2) is 0 Å². The predicted molar refractivity (Wildman–Crippen MR) is 98.2 cm³/mol. The van der Waals surface area contributed by atoms with E-state index < -0.39 is 43.5 Å². The van der Waals surface area contributed by atoms with E-state index in [1.165, 1.54) is 7.11 Å². The fourth-order valence-electron chi connectivity index (χ4n) is 2.14. The number of carbonyl (C=O) groups is 3. The topological polar surface area (TPSA) is 126 Å². The molecule has 162 valence electrons. The predicted octanol–water partition coefficient (Wildman–Crippen LogP) is 1.82. The number of phosphoric ester groups is 1. The summed E-state index contributed by atoms with van der Waals surface area (Å²) >= 11 is 0. The second-order valence-electron chi connectivity index (χ2n) is 8.09. The Hall–Kier alpha value is -1.32. The maximum atomic E-state index is 12.6. The van der Waals surface area contributed by atoms with E-state index in [0.29, 0.717) is 0 Å². The average molecular weight is 423 g/mol. The summed E-state index contributed by atoms with van der Waals surface area (Å²) in [7, 11) is -2.79. The number of ketones is 1. The SMILES string of the molecule is COC(=O)CCNCC(=O)[C@@H]1O[P@@](=O)(OCOC(=O)C(C)(C)C)OCC1(C)C. The van der Waals surface area contributed by atoms with E-state index >= 15 is 0 Å². The quantitative estimate of drug-likeness (QED) is 0.254. The van der Waals surface area contributed by atoms with Crippen LogP contribution in [0, 0.1) is 10.8 Å². The number of hydrogen-bond acceptors (Lipinski definition) is 10. The van der Waals surface area contributed by atoms with Crippen molar-refractivity contribution in [3.8, 4) is 0 Å². The lowest BCUT2D eigenvalue weighted by Crippen LogP contribution is -2.48. The van der Waals surface area contributed by atoms with Gasteiger partial charge < -0.3 is 14.8 Å². The van der Waals surface area contributed by atoms with Gasteiger partial charge in [0.1, 0.15) is 6.10 Å². The molecule has 0 spiro atoms. The molecule has 1 saturated heterocycles. The molecule has 1 fully saturated rings. The van der Waals surface area contributed by atoms with Gasteiger partial charge in [0.05, 0.1) is 32.1 Å². The van der Waals surface area contributed by atoms with Crippen molar-refractivity contribution in [3.05, 3.63) is 0 Å². The molecule has 0 bridgehead atoms. The molecule has 1 heterocycles. The first-order valence-corrected chi connectivity index (χ1v) is 10.3. The Morgan fingerprint density at radius 3 is 2.46 bits per heavy atom. The number of carbonyl (C=O) groups excluding carboxylic acids is 3. The van der Waals surface area contributed by atoms with Crippen LogP contribution in [-0.2, 0) is 42.0 Å². The molecular weight excluding hydrogens is 393 g/mol. The minimum atomic E-state index is -4.07. The molecule has 0 aromatic rings. The molecule has 0 aromatic heterocycles. The summed E-state index contributed by atoms with van der Waals surface area (Å²) in [5.41, 5.74) is -1.50. The van der Waals surface area contributed by atoms with Gasteiger partial charge in [0.2, 0.25) is 6.79 Å². The van der Waals surface area contributed by atoms with Gasteiger partial charge in [-0.05, 0) is 20.8 Å². The van der Waals surface area contributed by atoms with Crippen molar-refractivity contribution in [2.24, 2.45) is 10.8 Å². The fourth-order valence-corrected chi connectivity index (χ4v) is 3.67. The van der Waals surface area contributed by atoms with E-state index in [9.17, 15) is 18.9 Å². The van der Waals surface area contributed by atoms with E-state index in [1.54, 1.807) is 34.6 Å². The Balaban J connectivity index is 2.60. The summed E-state index contributed by atoms with van der Waals surface area (Å²) in [5.74, 6) is -1.31. The van der Waals surface area contributed by atoms with Crippen molar-refractivity contribution in [2.45, 2.75) is 47.1 Å². The first kappa shape index (κ1) is 24.7. The van der Waals surface area contributed by atoms with Crippen LogP contribution in [0.25, 0.3) is 0 Å². The van der Waals surface area contributed by atoms with Gasteiger partial charge in [0.25, 0.3) is 0 Å². The first-order valence-electron chi connectivity index (χ1n) is 8.86. The van der Waals surface area contributed by atoms with Crippen LogP contribution < -0.4 is 5.32 Å². The van der Waals surface area contributed by atoms with Gasteiger partial charge in [-0.1, -0.05) is 13.8 Å². The zero-order valence-corrected chi connectivity index (χ0v) is 18.1. The monoisotopic (exact) mass is 423 g/mol. The average Bonchev–Trinajstić information content (AvgIpc) is 2.59. The number of methoxy groups -OCH3 is 1. The summed E-state index contributed by atoms with van der Waals surface area (Å²) in [6.07, 6.45) is -0.946. The molecule has 28 heavy (non-hydrogen) atoms. The van der Waals surface area contributed by atoms with Crippen LogP contribution in [0.1, 0.15) is 41.0 Å². The molecule has 1 N–H and O–H groups in total. The molecule has 0 amide bonds. The van der Waals surface area contributed by atoms with Gasteiger partial charge in [-0.2, -0.15) is 0 Å². The van der Waals surface area contributed by atoms with Gasteiger partial charge in [0.15, 0.2) is 5.78 Å². The third-order valence-electron chi connectivity index (χ3n) is 3.88. The zero-order chi connectivity index (χ0) is 21.6. The lowest BCUT2D eigenvalue weighted by molar-refractivity contribution is -0.163. The minimum Gasteiger partial charge on any atom is -0.469 e. The normalized spacial score (nSPS) is 24.4. The van der Waals surface area contributed by atoms with E-state index in [0.717, 1.165) is 0 Å². The summed E-state index contributed by atoms with van der Waals surface area (Å²) in [5, 5.41) is 2.82. The molecule has 0 aromatic carbocycles. The number of ether oxygens (including phenoxy) is 2. The fraction of sp³-hybridized carbons (Fsp3) is 0.824.